The van der Waals surface area contributed by atoms with Gasteiger partial charge in [-0.15, -0.1) is 0 Å². The lowest BCUT2D eigenvalue weighted by Gasteiger charge is -2.24. The summed E-state index contributed by atoms with van der Waals surface area (Å²) in [4.78, 5) is 16.9. The number of benzene rings is 1. The highest BCUT2D eigenvalue weighted by molar-refractivity contribution is 5.97. The molecule has 1 saturated carbocycles. The van der Waals surface area contributed by atoms with Crippen molar-refractivity contribution in [3.8, 4) is 6.07 Å². The van der Waals surface area contributed by atoms with Crippen LogP contribution in [0.4, 0.5) is 18.9 Å². The van der Waals surface area contributed by atoms with Gasteiger partial charge >= 0.3 is 12.1 Å². The third-order valence-corrected chi connectivity index (χ3v) is 5.04. The Labute approximate surface area is 161 Å². The first kappa shape index (κ1) is 19.9. The molecule has 28 heavy (non-hydrogen) atoms. The van der Waals surface area contributed by atoms with Gasteiger partial charge in [-0.25, -0.2) is 0 Å². The summed E-state index contributed by atoms with van der Waals surface area (Å²) in [6.07, 6.45) is 2.51. The Morgan fingerprint density at radius 2 is 1.79 bits per heavy atom. The van der Waals surface area contributed by atoms with Gasteiger partial charge in [0.15, 0.2) is 0 Å². The zero-order valence-corrected chi connectivity index (χ0v) is 15.2. The predicted octanol–water partition coefficient (Wildman–Crippen LogP) is 5.10. The van der Waals surface area contributed by atoms with Crippen LogP contribution < -0.4 is 4.90 Å². The number of nitriles is 1. The van der Waals surface area contributed by atoms with Gasteiger partial charge in [0.1, 0.15) is 0 Å². The number of alkyl halides is 3. The van der Waals surface area contributed by atoms with Gasteiger partial charge in [0, 0.05) is 11.9 Å². The number of rotatable bonds is 4. The fourth-order valence-corrected chi connectivity index (χ4v) is 3.52. The fourth-order valence-electron chi connectivity index (χ4n) is 3.52. The largest absolute Gasteiger partial charge is 0.471 e. The number of carbonyl (C=O) groups is 1. The van der Waals surface area contributed by atoms with Crippen LogP contribution in [0.5, 0.6) is 0 Å². The van der Waals surface area contributed by atoms with Crippen molar-refractivity contribution in [3.63, 3.8) is 0 Å². The van der Waals surface area contributed by atoms with Crippen LogP contribution in [0.3, 0.4) is 0 Å². The first-order valence-corrected chi connectivity index (χ1v) is 9.22. The highest BCUT2D eigenvalue weighted by atomic mass is 19.4. The Bertz CT molecular complexity index is 848. The minimum absolute atomic E-state index is 0.0690. The van der Waals surface area contributed by atoms with E-state index in [9.17, 15) is 18.0 Å². The average Bonchev–Trinajstić information content (AvgIpc) is 2.72. The molecule has 0 unspecified atom stereocenters. The maximum absolute atomic E-state index is 13.1. The number of anilines is 1. The van der Waals surface area contributed by atoms with E-state index in [-0.39, 0.29) is 12.2 Å². The van der Waals surface area contributed by atoms with Gasteiger partial charge < -0.3 is 0 Å². The molecule has 1 fully saturated rings. The summed E-state index contributed by atoms with van der Waals surface area (Å²) in [6, 6.07) is 10.9. The molecule has 146 valence electrons. The first-order valence-electron chi connectivity index (χ1n) is 9.22. The summed E-state index contributed by atoms with van der Waals surface area (Å²) in [5.41, 5.74) is 1.84. The number of hydrogen-bond acceptors (Lipinski definition) is 3. The van der Waals surface area contributed by atoms with Crippen LogP contribution in [0.15, 0.2) is 42.6 Å². The normalized spacial score (nSPS) is 15.1. The van der Waals surface area contributed by atoms with Gasteiger partial charge in [0.2, 0.25) is 0 Å². The van der Waals surface area contributed by atoms with Crippen LogP contribution in [0.2, 0.25) is 0 Å². The number of carbonyl (C=O) groups excluding carboxylic acids is 1. The van der Waals surface area contributed by atoms with E-state index in [1.807, 2.05) is 12.1 Å². The zero-order valence-electron chi connectivity index (χ0n) is 15.2. The average molecular weight is 387 g/mol. The molecular weight excluding hydrogens is 367 g/mol. The van der Waals surface area contributed by atoms with Crippen molar-refractivity contribution < 1.29 is 18.0 Å². The molecule has 2 aromatic rings. The molecule has 1 aliphatic carbocycles. The van der Waals surface area contributed by atoms with E-state index in [1.54, 1.807) is 12.3 Å². The second kappa shape index (κ2) is 8.42. The van der Waals surface area contributed by atoms with Gasteiger partial charge in [-0.2, -0.15) is 18.4 Å². The molecule has 0 aliphatic heterocycles. The topological polar surface area (TPSA) is 57.0 Å². The number of halogens is 3. The van der Waals surface area contributed by atoms with Gasteiger partial charge in [-0.05, 0) is 54.7 Å². The number of amides is 1. The van der Waals surface area contributed by atoms with E-state index in [4.69, 9.17) is 5.26 Å². The summed E-state index contributed by atoms with van der Waals surface area (Å²) < 4.78 is 39.2. The highest BCUT2D eigenvalue weighted by Crippen LogP contribution is 2.32. The maximum Gasteiger partial charge on any atom is 0.471 e. The zero-order chi connectivity index (χ0) is 20.1. The van der Waals surface area contributed by atoms with E-state index in [0.717, 1.165) is 18.4 Å². The van der Waals surface area contributed by atoms with Crippen LogP contribution >= 0.6 is 0 Å². The number of hydrogen-bond donors (Lipinski definition) is 0. The van der Waals surface area contributed by atoms with Gasteiger partial charge in [0.25, 0.3) is 0 Å². The molecule has 7 heteroatoms. The molecular formula is C21H20F3N3O. The number of nitrogens with zero attached hydrogens (tertiary/aromatic N) is 3. The van der Waals surface area contributed by atoms with Crippen molar-refractivity contribution in [1.82, 2.24) is 4.98 Å². The third kappa shape index (κ3) is 4.69. The lowest BCUT2D eigenvalue weighted by Crippen LogP contribution is -2.41. The fraction of sp³-hybridized carbons (Fsp3) is 0.381. The minimum atomic E-state index is -5.00. The first-order chi connectivity index (χ1) is 13.4. The maximum atomic E-state index is 13.1. The number of aromatic nitrogens is 1. The molecule has 0 N–H and O–H groups in total. The Kier molecular flexibility index (Phi) is 5.98. The third-order valence-electron chi connectivity index (χ3n) is 5.04. The molecule has 0 atom stereocenters. The van der Waals surface area contributed by atoms with Crippen molar-refractivity contribution in [2.45, 2.75) is 50.7 Å². The molecule has 0 spiro atoms. The quantitative estimate of drug-likeness (QED) is 0.734. The molecule has 1 heterocycles. The smallest absolute Gasteiger partial charge is 0.299 e. The van der Waals surface area contributed by atoms with Crippen LogP contribution in [-0.4, -0.2) is 17.1 Å². The summed E-state index contributed by atoms with van der Waals surface area (Å²) in [5, 5.41) is 8.85. The summed E-state index contributed by atoms with van der Waals surface area (Å²) in [7, 11) is 0. The molecule has 1 aliphatic rings. The Morgan fingerprint density at radius 3 is 2.32 bits per heavy atom. The molecule has 4 nitrogen and oxygen atoms in total. The monoisotopic (exact) mass is 387 g/mol. The standard InChI is InChI=1S/C21H20F3N3O/c22-21(23,24)20(28)27(19-10-6-15(12-25)7-11-19)14-18-9-8-17(13-26-18)16-4-2-1-3-5-16/h6-11,13,16H,1-5,14H2. The lowest BCUT2D eigenvalue weighted by molar-refractivity contribution is -0.170. The minimum Gasteiger partial charge on any atom is -0.299 e. The van der Waals surface area contributed by atoms with Gasteiger partial charge in [-0.1, -0.05) is 25.3 Å². The van der Waals surface area contributed by atoms with Crippen LogP contribution in [0, 0.1) is 11.3 Å². The predicted molar refractivity (Wildman–Crippen MR) is 98.5 cm³/mol. The molecule has 0 saturated heterocycles. The van der Waals surface area contributed by atoms with Gasteiger partial charge in [-0.3, -0.25) is 14.7 Å². The van der Waals surface area contributed by atoms with E-state index < -0.39 is 12.1 Å². The molecule has 0 bridgehead atoms. The SMILES string of the molecule is N#Cc1ccc(N(Cc2ccc(C3CCCCC3)cn2)C(=O)C(F)(F)F)cc1. The molecule has 3 rings (SSSR count). The Hall–Kier alpha value is -2.88. The van der Waals surface area contributed by atoms with Crippen LogP contribution in [0.25, 0.3) is 0 Å². The van der Waals surface area contributed by atoms with E-state index in [0.29, 0.717) is 22.1 Å². The van der Waals surface area contributed by atoms with Crippen molar-refractivity contribution in [2.75, 3.05) is 4.90 Å². The Morgan fingerprint density at radius 1 is 1.11 bits per heavy atom. The van der Waals surface area contributed by atoms with E-state index in [1.165, 1.54) is 43.5 Å². The second-order valence-electron chi connectivity index (χ2n) is 6.97. The summed E-state index contributed by atoms with van der Waals surface area (Å²) in [5.74, 6) is -1.52. The van der Waals surface area contributed by atoms with E-state index in [2.05, 4.69) is 4.98 Å². The molecule has 1 aromatic heterocycles. The Balaban J connectivity index is 1.82. The van der Waals surface area contributed by atoms with Crippen molar-refractivity contribution >= 4 is 11.6 Å². The molecule has 0 radical (unpaired) electrons. The van der Waals surface area contributed by atoms with Crippen molar-refractivity contribution in [2.24, 2.45) is 0 Å². The second-order valence-corrected chi connectivity index (χ2v) is 6.97. The van der Waals surface area contributed by atoms with Crippen molar-refractivity contribution in [1.29, 1.82) is 5.26 Å². The summed E-state index contributed by atoms with van der Waals surface area (Å²) >= 11 is 0. The number of pyridine rings is 1. The highest BCUT2D eigenvalue weighted by Gasteiger charge is 2.43. The summed E-state index contributed by atoms with van der Waals surface area (Å²) in [6.45, 7) is -0.296. The molecule has 1 aromatic carbocycles. The van der Waals surface area contributed by atoms with Crippen molar-refractivity contribution in [3.05, 3.63) is 59.4 Å². The van der Waals surface area contributed by atoms with Gasteiger partial charge in [0.05, 0.1) is 23.9 Å². The molecule has 1 amide bonds. The van der Waals surface area contributed by atoms with Crippen LogP contribution in [0.1, 0.15) is 54.8 Å². The van der Waals surface area contributed by atoms with E-state index >= 15 is 0 Å². The lowest BCUT2D eigenvalue weighted by atomic mass is 9.85. The van der Waals surface area contributed by atoms with Crippen LogP contribution in [-0.2, 0) is 11.3 Å².